The standard InChI is InChI=1S/C12H22N2/c1-10(7-11(2)9-13)8-12(3,4)14(5)6/h10H,2,7-8H2,1,3-6H3. The summed E-state index contributed by atoms with van der Waals surface area (Å²) in [6.07, 6.45) is 1.90. The second kappa shape index (κ2) is 5.17. The van der Waals surface area contributed by atoms with Crippen LogP contribution in [0, 0.1) is 17.2 Å². The van der Waals surface area contributed by atoms with Crippen molar-refractivity contribution in [2.45, 2.75) is 39.2 Å². The number of nitrogens with zero attached hydrogens (tertiary/aromatic N) is 2. The van der Waals surface area contributed by atoms with Gasteiger partial charge in [-0.15, -0.1) is 0 Å². The smallest absolute Gasteiger partial charge is 0.0940 e. The minimum Gasteiger partial charge on any atom is -0.304 e. The van der Waals surface area contributed by atoms with Gasteiger partial charge >= 0.3 is 0 Å². The highest BCUT2D eigenvalue weighted by Crippen LogP contribution is 2.24. The lowest BCUT2D eigenvalue weighted by Crippen LogP contribution is -2.39. The van der Waals surface area contributed by atoms with Gasteiger partial charge in [0.25, 0.3) is 0 Å². The van der Waals surface area contributed by atoms with Crippen LogP contribution in [-0.2, 0) is 0 Å². The normalized spacial score (nSPS) is 13.8. The van der Waals surface area contributed by atoms with Gasteiger partial charge in [0.05, 0.1) is 6.07 Å². The van der Waals surface area contributed by atoms with Gasteiger partial charge < -0.3 is 4.90 Å². The zero-order valence-corrected chi connectivity index (χ0v) is 10.1. The first kappa shape index (κ1) is 13.2. The van der Waals surface area contributed by atoms with Crippen molar-refractivity contribution in [3.63, 3.8) is 0 Å². The zero-order chi connectivity index (χ0) is 11.4. The van der Waals surface area contributed by atoms with Crippen LogP contribution in [0.1, 0.15) is 33.6 Å². The molecular formula is C12H22N2. The van der Waals surface area contributed by atoms with Crippen molar-refractivity contribution in [3.05, 3.63) is 12.2 Å². The highest BCUT2D eigenvalue weighted by atomic mass is 15.1. The molecule has 14 heavy (non-hydrogen) atoms. The Morgan fingerprint density at radius 2 is 2.00 bits per heavy atom. The lowest BCUT2D eigenvalue weighted by molar-refractivity contribution is 0.159. The Morgan fingerprint density at radius 3 is 2.36 bits per heavy atom. The monoisotopic (exact) mass is 194 g/mol. The van der Waals surface area contributed by atoms with E-state index in [2.05, 4.69) is 52.4 Å². The van der Waals surface area contributed by atoms with Gasteiger partial charge in [-0.25, -0.2) is 0 Å². The third kappa shape index (κ3) is 4.43. The molecule has 0 aromatic carbocycles. The van der Waals surface area contributed by atoms with Crippen molar-refractivity contribution in [1.82, 2.24) is 4.90 Å². The molecule has 0 fully saturated rings. The van der Waals surface area contributed by atoms with Crippen LogP contribution < -0.4 is 0 Å². The second-order valence-corrected chi connectivity index (χ2v) is 4.94. The fraction of sp³-hybridized carbons (Fsp3) is 0.750. The quantitative estimate of drug-likeness (QED) is 0.629. The minimum absolute atomic E-state index is 0.190. The van der Waals surface area contributed by atoms with Gasteiger partial charge in [0, 0.05) is 11.1 Å². The predicted molar refractivity (Wildman–Crippen MR) is 60.9 cm³/mol. The van der Waals surface area contributed by atoms with Crippen LogP contribution in [-0.4, -0.2) is 24.5 Å². The maximum Gasteiger partial charge on any atom is 0.0940 e. The topological polar surface area (TPSA) is 27.0 Å². The van der Waals surface area contributed by atoms with E-state index >= 15 is 0 Å². The summed E-state index contributed by atoms with van der Waals surface area (Å²) >= 11 is 0. The lowest BCUT2D eigenvalue weighted by Gasteiger charge is -2.35. The number of nitriles is 1. The molecule has 0 N–H and O–H groups in total. The van der Waals surface area contributed by atoms with Crippen LogP contribution in [0.2, 0.25) is 0 Å². The average Bonchev–Trinajstić information content (AvgIpc) is 2.02. The molecule has 0 aromatic rings. The fourth-order valence-corrected chi connectivity index (χ4v) is 1.57. The Bertz CT molecular complexity index is 233. The molecular weight excluding hydrogens is 172 g/mol. The number of hydrogen-bond donors (Lipinski definition) is 0. The van der Waals surface area contributed by atoms with Crippen molar-refractivity contribution < 1.29 is 0 Å². The Hall–Kier alpha value is -0.810. The second-order valence-electron chi connectivity index (χ2n) is 4.94. The van der Waals surface area contributed by atoms with Gasteiger partial charge in [-0.2, -0.15) is 5.26 Å². The van der Waals surface area contributed by atoms with Crippen LogP contribution in [0.4, 0.5) is 0 Å². The molecule has 2 heteroatoms. The molecule has 1 atom stereocenters. The van der Waals surface area contributed by atoms with Gasteiger partial charge in [-0.05, 0) is 46.7 Å². The van der Waals surface area contributed by atoms with Crippen molar-refractivity contribution >= 4 is 0 Å². The molecule has 0 aliphatic carbocycles. The molecule has 2 nitrogen and oxygen atoms in total. The molecule has 0 aromatic heterocycles. The summed E-state index contributed by atoms with van der Waals surface area (Å²) in [5.41, 5.74) is 0.877. The molecule has 0 aliphatic rings. The molecule has 0 rings (SSSR count). The summed E-state index contributed by atoms with van der Waals surface area (Å²) < 4.78 is 0. The lowest BCUT2D eigenvalue weighted by atomic mass is 9.87. The van der Waals surface area contributed by atoms with Crippen LogP contribution in [0.15, 0.2) is 12.2 Å². The van der Waals surface area contributed by atoms with E-state index in [1.807, 2.05) is 0 Å². The zero-order valence-electron chi connectivity index (χ0n) is 10.1. The highest BCUT2D eigenvalue weighted by molar-refractivity contribution is 5.16. The van der Waals surface area contributed by atoms with Gasteiger partial charge in [0.15, 0.2) is 0 Å². The Balaban J connectivity index is 4.13. The molecule has 0 aliphatic heterocycles. The van der Waals surface area contributed by atoms with Crippen LogP contribution in [0.5, 0.6) is 0 Å². The molecule has 0 spiro atoms. The van der Waals surface area contributed by atoms with E-state index in [0.717, 1.165) is 12.8 Å². The highest BCUT2D eigenvalue weighted by Gasteiger charge is 2.23. The molecule has 0 bridgehead atoms. The van der Waals surface area contributed by atoms with E-state index in [1.54, 1.807) is 0 Å². The molecule has 0 heterocycles. The van der Waals surface area contributed by atoms with Crippen molar-refractivity contribution in [2.75, 3.05) is 14.1 Å². The SMILES string of the molecule is C=C(C#N)CC(C)CC(C)(C)N(C)C. The summed E-state index contributed by atoms with van der Waals surface area (Å²) in [6.45, 7) is 10.3. The Labute approximate surface area is 88.2 Å². The molecule has 80 valence electrons. The van der Waals surface area contributed by atoms with E-state index in [9.17, 15) is 0 Å². The first-order valence-electron chi connectivity index (χ1n) is 5.05. The van der Waals surface area contributed by atoms with Crippen LogP contribution in [0.3, 0.4) is 0 Å². The Morgan fingerprint density at radius 1 is 1.50 bits per heavy atom. The van der Waals surface area contributed by atoms with Crippen molar-refractivity contribution in [3.8, 4) is 6.07 Å². The number of rotatable bonds is 5. The number of hydrogen-bond acceptors (Lipinski definition) is 2. The van der Waals surface area contributed by atoms with Crippen molar-refractivity contribution in [1.29, 1.82) is 5.26 Å². The third-order valence-corrected chi connectivity index (χ3v) is 2.81. The molecule has 0 radical (unpaired) electrons. The first-order chi connectivity index (χ1) is 6.29. The van der Waals surface area contributed by atoms with Gasteiger partial charge in [0.1, 0.15) is 0 Å². The summed E-state index contributed by atoms with van der Waals surface area (Å²) in [5.74, 6) is 0.513. The summed E-state index contributed by atoms with van der Waals surface area (Å²) in [4.78, 5) is 2.22. The maximum absolute atomic E-state index is 8.63. The minimum atomic E-state index is 0.190. The Kier molecular flexibility index (Phi) is 4.87. The predicted octanol–water partition coefficient (Wildman–Crippen LogP) is 2.82. The van der Waals surface area contributed by atoms with E-state index in [0.29, 0.717) is 11.5 Å². The fourth-order valence-electron chi connectivity index (χ4n) is 1.57. The van der Waals surface area contributed by atoms with Crippen LogP contribution >= 0.6 is 0 Å². The average molecular weight is 194 g/mol. The molecule has 0 saturated carbocycles. The molecule has 0 saturated heterocycles. The third-order valence-electron chi connectivity index (χ3n) is 2.81. The van der Waals surface area contributed by atoms with Crippen LogP contribution in [0.25, 0.3) is 0 Å². The van der Waals surface area contributed by atoms with Gasteiger partial charge in [-0.1, -0.05) is 13.5 Å². The maximum atomic E-state index is 8.63. The largest absolute Gasteiger partial charge is 0.304 e. The van der Waals surface area contributed by atoms with Gasteiger partial charge in [0.2, 0.25) is 0 Å². The summed E-state index contributed by atoms with van der Waals surface area (Å²) in [6, 6.07) is 2.10. The molecule has 0 amide bonds. The van der Waals surface area contributed by atoms with Crippen molar-refractivity contribution in [2.24, 2.45) is 5.92 Å². The van der Waals surface area contributed by atoms with E-state index < -0.39 is 0 Å². The molecule has 1 unspecified atom stereocenters. The van der Waals surface area contributed by atoms with E-state index in [-0.39, 0.29) is 5.54 Å². The van der Waals surface area contributed by atoms with E-state index in [1.165, 1.54) is 0 Å². The summed E-state index contributed by atoms with van der Waals surface area (Å²) in [7, 11) is 4.18. The number of allylic oxidation sites excluding steroid dienone is 1. The summed E-state index contributed by atoms with van der Waals surface area (Å²) in [5, 5.41) is 8.63. The van der Waals surface area contributed by atoms with E-state index in [4.69, 9.17) is 5.26 Å². The first-order valence-corrected chi connectivity index (χ1v) is 5.05. The van der Waals surface area contributed by atoms with Gasteiger partial charge in [-0.3, -0.25) is 0 Å².